The van der Waals surface area contributed by atoms with Gasteiger partial charge in [0.2, 0.25) is 12.3 Å². The van der Waals surface area contributed by atoms with E-state index in [0.717, 1.165) is 24.6 Å². The van der Waals surface area contributed by atoms with Gasteiger partial charge in [-0.05, 0) is 18.2 Å². The van der Waals surface area contributed by atoms with Crippen molar-refractivity contribution < 1.29 is 22.5 Å². The standard InChI is InChI=1S/C11H7ClF3N3O2/c12-7-2-1-6(11(13,14)15)3-8(7)17-10(19)4-9-16-5-20-18-9/h1-3,5H,4H2,(H,17,19). The highest BCUT2D eigenvalue weighted by Gasteiger charge is 2.31. The van der Waals surface area contributed by atoms with E-state index in [1.54, 1.807) is 0 Å². The van der Waals surface area contributed by atoms with Gasteiger partial charge in [0.05, 0.1) is 22.7 Å². The summed E-state index contributed by atoms with van der Waals surface area (Å²) in [6, 6.07) is 2.65. The number of amides is 1. The summed E-state index contributed by atoms with van der Waals surface area (Å²) in [5, 5.41) is 5.69. The summed E-state index contributed by atoms with van der Waals surface area (Å²) in [7, 11) is 0. The second-order valence-corrected chi connectivity index (χ2v) is 4.17. The van der Waals surface area contributed by atoms with Crippen LogP contribution in [-0.2, 0) is 17.4 Å². The molecule has 0 saturated heterocycles. The summed E-state index contributed by atoms with van der Waals surface area (Å²) in [6.45, 7) is 0. The highest BCUT2D eigenvalue weighted by Crippen LogP contribution is 2.33. The van der Waals surface area contributed by atoms with Crippen molar-refractivity contribution in [2.75, 3.05) is 5.32 Å². The fraction of sp³-hybridized carbons (Fsp3) is 0.182. The SMILES string of the molecule is O=C(Cc1ncon1)Nc1cc(C(F)(F)F)ccc1Cl. The van der Waals surface area contributed by atoms with Crippen molar-refractivity contribution in [2.24, 2.45) is 0 Å². The van der Waals surface area contributed by atoms with E-state index in [2.05, 4.69) is 20.0 Å². The summed E-state index contributed by atoms with van der Waals surface area (Å²) < 4.78 is 42.1. The number of hydrogen-bond donors (Lipinski definition) is 1. The Morgan fingerprint density at radius 1 is 1.40 bits per heavy atom. The Morgan fingerprint density at radius 3 is 2.75 bits per heavy atom. The number of nitrogens with one attached hydrogen (secondary N) is 1. The molecule has 0 spiro atoms. The second kappa shape index (κ2) is 5.49. The fourth-order valence-corrected chi connectivity index (χ4v) is 1.57. The third kappa shape index (κ3) is 3.47. The third-order valence-electron chi connectivity index (χ3n) is 2.29. The zero-order valence-corrected chi connectivity index (χ0v) is 10.5. The molecular weight excluding hydrogens is 299 g/mol. The minimum absolute atomic E-state index is 0.000498. The Labute approximate surface area is 115 Å². The molecule has 0 aliphatic carbocycles. The number of alkyl halides is 3. The van der Waals surface area contributed by atoms with Gasteiger partial charge in [-0.15, -0.1) is 0 Å². The van der Waals surface area contributed by atoms with E-state index in [1.807, 2.05) is 0 Å². The Balaban J connectivity index is 2.14. The molecule has 9 heteroatoms. The molecule has 1 aromatic heterocycles. The number of halogens is 4. The molecule has 1 heterocycles. The number of anilines is 1. The van der Waals surface area contributed by atoms with Crippen molar-refractivity contribution in [3.8, 4) is 0 Å². The number of hydrogen-bond acceptors (Lipinski definition) is 4. The highest BCUT2D eigenvalue weighted by molar-refractivity contribution is 6.33. The molecule has 1 amide bonds. The molecule has 0 saturated carbocycles. The van der Waals surface area contributed by atoms with Crippen molar-refractivity contribution in [3.05, 3.63) is 41.0 Å². The maximum Gasteiger partial charge on any atom is 0.416 e. The topological polar surface area (TPSA) is 68.0 Å². The molecule has 0 aliphatic rings. The molecule has 0 fully saturated rings. The zero-order valence-electron chi connectivity index (χ0n) is 9.74. The highest BCUT2D eigenvalue weighted by atomic mass is 35.5. The van der Waals surface area contributed by atoms with E-state index in [4.69, 9.17) is 11.6 Å². The largest absolute Gasteiger partial charge is 0.416 e. The van der Waals surface area contributed by atoms with Gasteiger partial charge >= 0.3 is 6.18 Å². The first-order valence-corrected chi connectivity index (χ1v) is 5.66. The maximum atomic E-state index is 12.6. The van der Waals surface area contributed by atoms with Gasteiger partial charge in [-0.2, -0.15) is 18.2 Å². The molecule has 0 radical (unpaired) electrons. The maximum absolute atomic E-state index is 12.6. The van der Waals surface area contributed by atoms with E-state index >= 15 is 0 Å². The van der Waals surface area contributed by atoms with Crippen LogP contribution in [0.15, 0.2) is 29.1 Å². The van der Waals surface area contributed by atoms with Crippen molar-refractivity contribution in [1.29, 1.82) is 0 Å². The summed E-state index contributed by atoms with van der Waals surface area (Å²) in [4.78, 5) is 15.2. The van der Waals surface area contributed by atoms with E-state index in [1.165, 1.54) is 0 Å². The molecule has 1 aromatic carbocycles. The van der Waals surface area contributed by atoms with Gasteiger partial charge in [0.1, 0.15) is 0 Å². The van der Waals surface area contributed by atoms with E-state index in [9.17, 15) is 18.0 Å². The molecule has 20 heavy (non-hydrogen) atoms. The molecule has 0 atom stereocenters. The Morgan fingerprint density at radius 2 is 2.15 bits per heavy atom. The van der Waals surface area contributed by atoms with E-state index in [-0.39, 0.29) is 23.0 Å². The van der Waals surface area contributed by atoms with Gasteiger partial charge < -0.3 is 9.84 Å². The van der Waals surface area contributed by atoms with Crippen LogP contribution in [-0.4, -0.2) is 16.0 Å². The lowest BCUT2D eigenvalue weighted by atomic mass is 10.2. The number of carbonyl (C=O) groups excluding carboxylic acids is 1. The number of benzene rings is 1. The summed E-state index contributed by atoms with van der Waals surface area (Å²) in [6.07, 6.45) is -3.71. The first-order valence-electron chi connectivity index (χ1n) is 5.28. The summed E-state index contributed by atoms with van der Waals surface area (Å²) in [5.41, 5.74) is -1.04. The Kier molecular flexibility index (Phi) is 3.93. The molecule has 106 valence electrons. The van der Waals surface area contributed by atoms with Crippen molar-refractivity contribution in [1.82, 2.24) is 10.1 Å². The molecule has 0 bridgehead atoms. The van der Waals surface area contributed by atoms with Crippen molar-refractivity contribution in [2.45, 2.75) is 12.6 Å². The van der Waals surface area contributed by atoms with Gasteiger partial charge in [-0.1, -0.05) is 16.8 Å². The first-order chi connectivity index (χ1) is 9.36. The molecule has 2 aromatic rings. The fourth-order valence-electron chi connectivity index (χ4n) is 1.41. The molecule has 0 unspecified atom stereocenters. The van der Waals surface area contributed by atoms with Crippen LogP contribution in [0.25, 0.3) is 0 Å². The van der Waals surface area contributed by atoms with Gasteiger partial charge in [0, 0.05) is 0 Å². The average molecular weight is 306 g/mol. The number of rotatable bonds is 3. The van der Waals surface area contributed by atoms with Crippen LogP contribution in [0, 0.1) is 0 Å². The molecule has 0 aliphatic heterocycles. The van der Waals surface area contributed by atoms with Gasteiger partial charge in [-0.25, -0.2) is 0 Å². The molecule has 2 rings (SSSR count). The van der Waals surface area contributed by atoms with Crippen LogP contribution in [0.4, 0.5) is 18.9 Å². The molecule has 1 N–H and O–H groups in total. The van der Waals surface area contributed by atoms with Gasteiger partial charge in [0.25, 0.3) is 0 Å². The van der Waals surface area contributed by atoms with Crippen molar-refractivity contribution in [3.63, 3.8) is 0 Å². The minimum Gasteiger partial charge on any atom is -0.343 e. The van der Waals surface area contributed by atoms with Crippen LogP contribution < -0.4 is 5.32 Å². The normalized spacial score (nSPS) is 11.4. The first kappa shape index (κ1) is 14.3. The van der Waals surface area contributed by atoms with Gasteiger partial charge in [0.15, 0.2) is 5.82 Å². The van der Waals surface area contributed by atoms with E-state index in [0.29, 0.717) is 0 Å². The number of carbonyl (C=O) groups is 1. The Bertz CT molecular complexity index is 614. The molecule has 5 nitrogen and oxygen atoms in total. The third-order valence-corrected chi connectivity index (χ3v) is 2.62. The Hall–Kier alpha value is -2.09. The van der Waals surface area contributed by atoms with Crippen LogP contribution in [0.5, 0.6) is 0 Å². The van der Waals surface area contributed by atoms with E-state index < -0.39 is 17.6 Å². The predicted octanol–water partition coefficient (Wildman–Crippen LogP) is 2.92. The summed E-state index contributed by atoms with van der Waals surface area (Å²) in [5.74, 6) is -0.488. The quantitative estimate of drug-likeness (QED) is 0.946. The number of nitrogens with zero attached hydrogens (tertiary/aromatic N) is 2. The summed E-state index contributed by atoms with van der Waals surface area (Å²) >= 11 is 5.74. The van der Waals surface area contributed by atoms with Gasteiger partial charge in [-0.3, -0.25) is 4.79 Å². The van der Waals surface area contributed by atoms with Crippen LogP contribution in [0.2, 0.25) is 5.02 Å². The van der Waals surface area contributed by atoms with Crippen molar-refractivity contribution >= 4 is 23.2 Å². The van der Waals surface area contributed by atoms with Crippen LogP contribution >= 0.6 is 11.6 Å². The predicted molar refractivity (Wildman–Crippen MR) is 63.1 cm³/mol. The monoisotopic (exact) mass is 305 g/mol. The lowest BCUT2D eigenvalue weighted by molar-refractivity contribution is -0.137. The van der Waals surface area contributed by atoms with Crippen LogP contribution in [0.1, 0.15) is 11.4 Å². The number of aromatic nitrogens is 2. The molecular formula is C11H7ClF3N3O2. The zero-order chi connectivity index (χ0) is 14.8. The smallest absolute Gasteiger partial charge is 0.343 e. The lowest BCUT2D eigenvalue weighted by Gasteiger charge is -2.11. The second-order valence-electron chi connectivity index (χ2n) is 3.76. The lowest BCUT2D eigenvalue weighted by Crippen LogP contribution is -2.16. The minimum atomic E-state index is -4.52. The van der Waals surface area contributed by atoms with Crippen LogP contribution in [0.3, 0.4) is 0 Å². The average Bonchev–Trinajstić information content (AvgIpc) is 2.83.